The smallest absolute Gasteiger partial charge is 0.303 e. The minimum absolute atomic E-state index is 0.309. The van der Waals surface area contributed by atoms with Crippen LogP contribution >= 0.6 is 11.8 Å². The van der Waals surface area contributed by atoms with Gasteiger partial charge in [0, 0.05) is 12.5 Å². The number of benzene rings is 2. The SMILES string of the molecule is CCSC1O[C@H]2COC(c3ccccc3)O[C@H]2[C@H](OCc2ccccc2)[C@H]1OC(C)=O. The summed E-state index contributed by atoms with van der Waals surface area (Å²) >= 11 is 1.59. The summed E-state index contributed by atoms with van der Waals surface area (Å²) in [5, 5.41) is 0. The van der Waals surface area contributed by atoms with E-state index in [1.165, 1.54) is 6.92 Å². The van der Waals surface area contributed by atoms with E-state index in [0.29, 0.717) is 13.2 Å². The second-order valence-corrected chi connectivity index (χ2v) is 8.89. The van der Waals surface area contributed by atoms with Crippen molar-refractivity contribution < 1.29 is 28.5 Å². The van der Waals surface area contributed by atoms with Crippen LogP contribution in [0.25, 0.3) is 0 Å². The largest absolute Gasteiger partial charge is 0.456 e. The third-order valence-corrected chi connectivity index (χ3v) is 6.32. The number of carbonyl (C=O) groups is 1. The molecule has 0 radical (unpaired) electrons. The van der Waals surface area contributed by atoms with Crippen molar-refractivity contribution in [3.8, 4) is 0 Å². The van der Waals surface area contributed by atoms with Crippen LogP contribution in [-0.2, 0) is 35.1 Å². The second-order valence-electron chi connectivity index (χ2n) is 7.51. The lowest BCUT2D eigenvalue weighted by molar-refractivity contribution is -0.326. The van der Waals surface area contributed by atoms with Gasteiger partial charge in [-0.2, -0.15) is 0 Å². The summed E-state index contributed by atoms with van der Waals surface area (Å²) in [7, 11) is 0. The monoisotopic (exact) mass is 444 g/mol. The van der Waals surface area contributed by atoms with E-state index in [-0.39, 0.29) is 17.5 Å². The van der Waals surface area contributed by atoms with Crippen LogP contribution in [0.2, 0.25) is 0 Å². The molecule has 0 bridgehead atoms. The Hall–Kier alpha value is -1.90. The van der Waals surface area contributed by atoms with Gasteiger partial charge in [0.05, 0.1) is 13.2 Å². The third-order valence-electron chi connectivity index (χ3n) is 5.27. The van der Waals surface area contributed by atoms with Crippen molar-refractivity contribution in [3.05, 3.63) is 71.8 Å². The molecule has 0 amide bonds. The fourth-order valence-corrected chi connectivity index (χ4v) is 4.85. The molecule has 2 unspecified atom stereocenters. The van der Waals surface area contributed by atoms with Gasteiger partial charge in [-0.15, -0.1) is 11.8 Å². The van der Waals surface area contributed by atoms with E-state index in [4.69, 9.17) is 23.7 Å². The predicted molar refractivity (Wildman–Crippen MR) is 117 cm³/mol. The molecule has 0 aliphatic carbocycles. The molecule has 2 aliphatic rings. The van der Waals surface area contributed by atoms with Crippen LogP contribution in [0.5, 0.6) is 0 Å². The number of carbonyl (C=O) groups excluding carboxylic acids is 1. The van der Waals surface area contributed by atoms with Gasteiger partial charge in [-0.05, 0) is 11.3 Å². The van der Waals surface area contributed by atoms with Crippen molar-refractivity contribution in [2.45, 2.75) is 56.6 Å². The van der Waals surface area contributed by atoms with Crippen molar-refractivity contribution in [2.24, 2.45) is 0 Å². The van der Waals surface area contributed by atoms with E-state index in [1.54, 1.807) is 11.8 Å². The van der Waals surface area contributed by atoms with Gasteiger partial charge >= 0.3 is 5.97 Å². The van der Waals surface area contributed by atoms with Gasteiger partial charge in [0.1, 0.15) is 23.7 Å². The molecule has 0 saturated carbocycles. The van der Waals surface area contributed by atoms with Crippen LogP contribution < -0.4 is 0 Å². The van der Waals surface area contributed by atoms with Gasteiger partial charge in [0.15, 0.2) is 12.4 Å². The summed E-state index contributed by atoms with van der Waals surface area (Å²) in [5.74, 6) is 0.452. The van der Waals surface area contributed by atoms with Gasteiger partial charge in [0.25, 0.3) is 0 Å². The summed E-state index contributed by atoms with van der Waals surface area (Å²) in [4.78, 5) is 11.9. The normalized spacial score (nSPS) is 30.4. The predicted octanol–water partition coefficient (Wildman–Crippen LogP) is 4.10. The second kappa shape index (κ2) is 10.6. The van der Waals surface area contributed by atoms with Gasteiger partial charge in [0.2, 0.25) is 0 Å². The van der Waals surface area contributed by atoms with Gasteiger partial charge in [-0.3, -0.25) is 4.79 Å². The molecule has 0 N–H and O–H groups in total. The maximum atomic E-state index is 11.9. The Bertz CT molecular complexity index is 832. The molecule has 6 nitrogen and oxygen atoms in total. The number of rotatable bonds is 7. The molecule has 2 aliphatic heterocycles. The molecule has 4 rings (SSSR count). The summed E-state index contributed by atoms with van der Waals surface area (Å²) < 4.78 is 30.7. The number of ether oxygens (including phenoxy) is 5. The van der Waals surface area contributed by atoms with Gasteiger partial charge < -0.3 is 23.7 Å². The van der Waals surface area contributed by atoms with Crippen molar-refractivity contribution in [2.75, 3.05) is 12.4 Å². The molecule has 2 heterocycles. The minimum atomic E-state index is -0.582. The Morgan fingerprint density at radius 2 is 1.74 bits per heavy atom. The molecule has 0 aromatic heterocycles. The Morgan fingerprint density at radius 3 is 2.42 bits per heavy atom. The Labute approximate surface area is 187 Å². The topological polar surface area (TPSA) is 63.2 Å². The summed E-state index contributed by atoms with van der Waals surface area (Å²) in [6.45, 7) is 4.22. The van der Waals surface area contributed by atoms with Crippen LogP contribution in [0, 0.1) is 0 Å². The van der Waals surface area contributed by atoms with E-state index >= 15 is 0 Å². The molecule has 2 aromatic rings. The Kier molecular flexibility index (Phi) is 7.63. The number of fused-ring (bicyclic) bond motifs is 1. The lowest BCUT2D eigenvalue weighted by Gasteiger charge is -2.48. The fourth-order valence-electron chi connectivity index (χ4n) is 3.90. The standard InChI is InChI=1S/C24H28O6S/c1-3-31-24-22(28-16(2)25)21(26-14-17-10-6-4-7-11-17)20-19(29-24)15-27-23(30-20)18-12-8-5-9-13-18/h4-13,19-24H,3,14-15H2,1-2H3/t19-,20+,21-,22+,23?,24?/m0/s1. The van der Waals surface area contributed by atoms with Crippen molar-refractivity contribution in [1.29, 1.82) is 0 Å². The van der Waals surface area contributed by atoms with Crippen molar-refractivity contribution in [1.82, 2.24) is 0 Å². The van der Waals surface area contributed by atoms with Crippen LogP contribution in [0.15, 0.2) is 60.7 Å². The van der Waals surface area contributed by atoms with E-state index in [1.807, 2.05) is 67.6 Å². The molecular weight excluding hydrogens is 416 g/mol. The fraction of sp³-hybridized carbons (Fsp3) is 0.458. The van der Waals surface area contributed by atoms with E-state index in [0.717, 1.165) is 16.9 Å². The number of hydrogen-bond acceptors (Lipinski definition) is 7. The van der Waals surface area contributed by atoms with Gasteiger partial charge in [-0.25, -0.2) is 0 Å². The average molecular weight is 445 g/mol. The van der Waals surface area contributed by atoms with E-state index in [2.05, 4.69) is 0 Å². The highest BCUT2D eigenvalue weighted by Gasteiger charge is 2.52. The zero-order valence-electron chi connectivity index (χ0n) is 17.7. The first-order valence-corrected chi connectivity index (χ1v) is 11.6. The average Bonchev–Trinajstić information content (AvgIpc) is 2.79. The molecule has 0 spiro atoms. The van der Waals surface area contributed by atoms with Crippen LogP contribution in [0.3, 0.4) is 0 Å². The lowest BCUT2D eigenvalue weighted by Crippen LogP contribution is -2.62. The van der Waals surface area contributed by atoms with E-state index in [9.17, 15) is 4.79 Å². The summed E-state index contributed by atoms with van der Waals surface area (Å²) in [6.07, 6.45) is -2.33. The first-order chi connectivity index (χ1) is 15.2. The highest BCUT2D eigenvalue weighted by Crippen LogP contribution is 2.39. The number of hydrogen-bond donors (Lipinski definition) is 0. The van der Waals surface area contributed by atoms with Gasteiger partial charge in [-0.1, -0.05) is 67.6 Å². The van der Waals surface area contributed by atoms with Crippen LogP contribution in [0.4, 0.5) is 0 Å². The quantitative estimate of drug-likeness (QED) is 0.596. The Morgan fingerprint density at radius 1 is 1.03 bits per heavy atom. The molecule has 6 atom stereocenters. The minimum Gasteiger partial charge on any atom is -0.456 e. The highest BCUT2D eigenvalue weighted by molar-refractivity contribution is 7.99. The third kappa shape index (κ3) is 5.48. The first-order valence-electron chi connectivity index (χ1n) is 10.6. The lowest BCUT2D eigenvalue weighted by atomic mass is 9.98. The zero-order valence-corrected chi connectivity index (χ0v) is 18.5. The molecule has 2 aromatic carbocycles. The molecule has 7 heteroatoms. The highest BCUT2D eigenvalue weighted by atomic mass is 32.2. The van der Waals surface area contributed by atoms with Crippen LogP contribution in [-0.4, -0.2) is 48.2 Å². The first kappa shape index (κ1) is 22.3. The molecule has 2 fully saturated rings. The maximum Gasteiger partial charge on any atom is 0.303 e. The summed E-state index contributed by atoms with van der Waals surface area (Å²) in [5.41, 5.74) is 1.62. The zero-order chi connectivity index (χ0) is 21.6. The molecule has 31 heavy (non-hydrogen) atoms. The number of thioether (sulfide) groups is 1. The number of esters is 1. The summed E-state index contributed by atoms with van der Waals surface area (Å²) in [6, 6.07) is 19.7. The molecular formula is C24H28O6S. The van der Waals surface area contributed by atoms with Crippen molar-refractivity contribution >= 4 is 17.7 Å². The molecule has 166 valence electrons. The van der Waals surface area contributed by atoms with Crippen LogP contribution in [0.1, 0.15) is 31.3 Å². The van der Waals surface area contributed by atoms with E-state index < -0.39 is 24.6 Å². The molecule has 2 saturated heterocycles. The van der Waals surface area contributed by atoms with Crippen molar-refractivity contribution in [3.63, 3.8) is 0 Å². The maximum absolute atomic E-state index is 11.9. The Balaban J connectivity index is 1.59.